The second-order valence-electron chi connectivity index (χ2n) is 0.449. The van der Waals surface area contributed by atoms with Gasteiger partial charge in [0.15, 0.2) is 0 Å². The molecule has 0 amide bonds. The van der Waals surface area contributed by atoms with Crippen LogP contribution in [0.2, 0.25) is 0 Å². The Morgan fingerprint density at radius 3 is 1.80 bits per heavy atom. The molecule has 3 N–H and O–H groups in total. The number of rotatable bonds is 1. The quantitative estimate of drug-likeness (QED) is 0.313. The molecule has 0 saturated carbocycles. The Bertz CT molecular complexity index is 36.6. The van der Waals surface area contributed by atoms with Crippen LogP contribution in [0.3, 0.4) is 0 Å². The summed E-state index contributed by atoms with van der Waals surface area (Å²) in [6, 6.07) is 0. The van der Waals surface area contributed by atoms with Gasteiger partial charge in [0.05, 0.1) is 5.96 Å². The maximum Gasteiger partial charge on any atom is 0.210 e. The molecule has 4 heteroatoms. The maximum absolute atomic E-state index is 7.74. The van der Waals surface area contributed by atoms with Crippen molar-refractivity contribution in [3.63, 3.8) is 0 Å². The Morgan fingerprint density at radius 1 is 1.60 bits per heavy atom. The highest BCUT2D eigenvalue weighted by Crippen LogP contribution is 2.14. The SMILES string of the molecule is N=CP(O)O. The van der Waals surface area contributed by atoms with E-state index in [1.54, 1.807) is 0 Å². The lowest BCUT2D eigenvalue weighted by molar-refractivity contribution is 0.501. The minimum Gasteiger partial charge on any atom is -0.346 e. The van der Waals surface area contributed by atoms with E-state index in [0.717, 1.165) is 0 Å². The maximum atomic E-state index is 7.74. The molecular weight excluding hydrogens is 89.0 g/mol. The Labute approximate surface area is 30.7 Å². The van der Waals surface area contributed by atoms with E-state index in [-0.39, 0.29) is 0 Å². The minimum absolute atomic E-state index is 0.593. The first-order valence-electron chi connectivity index (χ1n) is 0.947. The number of nitrogens with one attached hydrogen (secondary N) is 1. The first-order valence-corrected chi connectivity index (χ1v) is 2.26. The summed E-state index contributed by atoms with van der Waals surface area (Å²) in [5.41, 5.74) is 0. The number of hydrogen-bond donors (Lipinski definition) is 3. The predicted octanol–water partition coefficient (Wildman–Crippen LogP) is -0.110. The van der Waals surface area contributed by atoms with Crippen LogP contribution in [0.25, 0.3) is 0 Å². The van der Waals surface area contributed by atoms with Gasteiger partial charge < -0.3 is 15.2 Å². The molecule has 30 valence electrons. The largest absolute Gasteiger partial charge is 0.346 e. The Balaban J connectivity index is 2.83. The summed E-state index contributed by atoms with van der Waals surface area (Å²) in [7, 11) is -2.06. The van der Waals surface area contributed by atoms with Gasteiger partial charge in [0.1, 0.15) is 0 Å². The van der Waals surface area contributed by atoms with Crippen molar-refractivity contribution in [3.05, 3.63) is 0 Å². The highest BCUT2D eigenvalue weighted by Gasteiger charge is 1.81. The lowest BCUT2D eigenvalue weighted by atomic mass is 11.7. The molecule has 0 aliphatic heterocycles. The first kappa shape index (κ1) is 5.02. The van der Waals surface area contributed by atoms with Crippen LogP contribution in [0.5, 0.6) is 0 Å². The van der Waals surface area contributed by atoms with Crippen LogP contribution in [0.1, 0.15) is 0 Å². The smallest absolute Gasteiger partial charge is 0.210 e. The molecule has 0 aromatic heterocycles. The highest BCUT2D eigenvalue weighted by atomic mass is 31.2. The average molecular weight is 93.0 g/mol. The summed E-state index contributed by atoms with van der Waals surface area (Å²) >= 11 is 0. The van der Waals surface area contributed by atoms with Gasteiger partial charge in [-0.05, 0) is 0 Å². The topological polar surface area (TPSA) is 64.3 Å². The fourth-order valence-electron chi connectivity index (χ4n) is 0. The second-order valence-corrected chi connectivity index (χ2v) is 1.35. The summed E-state index contributed by atoms with van der Waals surface area (Å²) in [5.74, 6) is 0.593. The molecule has 0 fully saturated rings. The van der Waals surface area contributed by atoms with Crippen molar-refractivity contribution in [2.24, 2.45) is 0 Å². The van der Waals surface area contributed by atoms with Crippen molar-refractivity contribution in [3.8, 4) is 0 Å². The van der Waals surface area contributed by atoms with Gasteiger partial charge in [-0.3, -0.25) is 0 Å². The van der Waals surface area contributed by atoms with Crippen molar-refractivity contribution in [1.29, 1.82) is 5.41 Å². The molecule has 0 aliphatic carbocycles. The third kappa shape index (κ3) is 4.02. The lowest BCUT2D eigenvalue weighted by Crippen LogP contribution is -1.61. The van der Waals surface area contributed by atoms with E-state index in [1.807, 2.05) is 0 Å². The molecule has 0 aromatic rings. The van der Waals surface area contributed by atoms with Crippen molar-refractivity contribution >= 4 is 14.3 Å². The molecule has 0 unspecified atom stereocenters. The van der Waals surface area contributed by atoms with Crippen LogP contribution >= 0.6 is 8.38 Å². The van der Waals surface area contributed by atoms with E-state index in [1.165, 1.54) is 0 Å². The Morgan fingerprint density at radius 2 is 1.80 bits per heavy atom. The van der Waals surface area contributed by atoms with Crippen molar-refractivity contribution in [2.75, 3.05) is 0 Å². The molecule has 0 aliphatic rings. The van der Waals surface area contributed by atoms with Crippen LogP contribution in [0.4, 0.5) is 0 Å². The van der Waals surface area contributed by atoms with Gasteiger partial charge in [-0.25, -0.2) is 0 Å². The molecule has 0 radical (unpaired) electrons. The van der Waals surface area contributed by atoms with Crippen molar-refractivity contribution in [2.45, 2.75) is 0 Å². The molecule has 0 saturated heterocycles. The summed E-state index contributed by atoms with van der Waals surface area (Å²) in [6.07, 6.45) is 0. The molecule has 0 spiro atoms. The molecule has 0 heterocycles. The first-order chi connectivity index (χ1) is 2.27. The average Bonchev–Trinajstić information content (AvgIpc) is 1.38. The molecule has 0 atom stereocenters. The van der Waals surface area contributed by atoms with Gasteiger partial charge in [-0.15, -0.1) is 0 Å². The van der Waals surface area contributed by atoms with Gasteiger partial charge in [-0.2, -0.15) is 0 Å². The van der Waals surface area contributed by atoms with E-state index >= 15 is 0 Å². The van der Waals surface area contributed by atoms with E-state index in [0.29, 0.717) is 5.96 Å². The fraction of sp³-hybridized carbons (Fsp3) is 0. The van der Waals surface area contributed by atoms with E-state index < -0.39 is 8.38 Å². The Kier molecular flexibility index (Phi) is 2.28. The van der Waals surface area contributed by atoms with E-state index in [4.69, 9.17) is 15.2 Å². The molecular formula is CH4NO2P. The van der Waals surface area contributed by atoms with Crippen LogP contribution in [0.15, 0.2) is 0 Å². The molecule has 5 heavy (non-hydrogen) atoms. The van der Waals surface area contributed by atoms with Crippen molar-refractivity contribution < 1.29 is 9.79 Å². The lowest BCUT2D eigenvalue weighted by Gasteiger charge is -1.81. The Hall–Kier alpha value is 0.0200. The van der Waals surface area contributed by atoms with Gasteiger partial charge in [0.2, 0.25) is 8.38 Å². The standard InChI is InChI=1S/CH4NO2P/c2-1-5(3)4/h1-4H. The highest BCUT2D eigenvalue weighted by molar-refractivity contribution is 7.61. The van der Waals surface area contributed by atoms with Gasteiger partial charge in [0.25, 0.3) is 0 Å². The monoisotopic (exact) mass is 93.0 g/mol. The predicted molar refractivity (Wildman–Crippen MR) is 20.1 cm³/mol. The summed E-state index contributed by atoms with van der Waals surface area (Å²) in [4.78, 5) is 15.5. The van der Waals surface area contributed by atoms with Crippen LogP contribution in [0, 0.1) is 5.41 Å². The van der Waals surface area contributed by atoms with Gasteiger partial charge in [0, 0.05) is 0 Å². The molecule has 0 rings (SSSR count). The van der Waals surface area contributed by atoms with Crippen LogP contribution in [-0.4, -0.2) is 15.7 Å². The summed E-state index contributed by atoms with van der Waals surface area (Å²) in [5, 5.41) is 6.06. The molecule has 0 bridgehead atoms. The zero-order valence-electron chi connectivity index (χ0n) is 2.42. The van der Waals surface area contributed by atoms with Gasteiger partial charge >= 0.3 is 0 Å². The van der Waals surface area contributed by atoms with E-state index in [2.05, 4.69) is 0 Å². The molecule has 0 aromatic carbocycles. The molecule has 3 nitrogen and oxygen atoms in total. The third-order valence-electron chi connectivity index (χ3n) is 0.115. The van der Waals surface area contributed by atoms with Crippen molar-refractivity contribution in [1.82, 2.24) is 0 Å². The zero-order chi connectivity index (χ0) is 4.28. The minimum atomic E-state index is -2.06. The van der Waals surface area contributed by atoms with Gasteiger partial charge in [-0.1, -0.05) is 0 Å². The second kappa shape index (κ2) is 2.27. The zero-order valence-corrected chi connectivity index (χ0v) is 3.31. The normalized spacial score (nSPS) is 8.60. The van der Waals surface area contributed by atoms with E-state index in [9.17, 15) is 0 Å². The van der Waals surface area contributed by atoms with Crippen LogP contribution in [-0.2, 0) is 0 Å². The summed E-state index contributed by atoms with van der Waals surface area (Å²) < 4.78 is 0. The summed E-state index contributed by atoms with van der Waals surface area (Å²) in [6.45, 7) is 0. The number of hydrogen-bond acceptors (Lipinski definition) is 3. The van der Waals surface area contributed by atoms with Crippen LogP contribution < -0.4 is 0 Å². The third-order valence-corrected chi connectivity index (χ3v) is 0.346. The fourth-order valence-corrected chi connectivity index (χ4v) is 0.